The van der Waals surface area contributed by atoms with E-state index < -0.39 is 28.5 Å². The van der Waals surface area contributed by atoms with Crippen molar-refractivity contribution in [2.24, 2.45) is 0 Å². The standard InChI is InChI=1S/C29H30F3O4PS/c1-3-5-19-37(33,20-6-4-2)26-18-16-22-12-8-10-14-24(22)28(26)27-23-13-9-7-11-21(23)15-17-25(27)36-38(34,35)29(30,31)32/h7-18H,3-6,19-20H2,1-2H3. The smallest absolute Gasteiger partial charge is 0.375 e. The van der Waals surface area contributed by atoms with Gasteiger partial charge < -0.3 is 8.75 Å². The van der Waals surface area contributed by atoms with Crippen LogP contribution in [-0.2, 0) is 14.7 Å². The van der Waals surface area contributed by atoms with E-state index in [9.17, 15) is 26.2 Å². The molecule has 0 spiro atoms. The quantitative estimate of drug-likeness (QED) is 0.111. The summed E-state index contributed by atoms with van der Waals surface area (Å²) in [5, 5.41) is 3.21. The second kappa shape index (κ2) is 11.1. The highest BCUT2D eigenvalue weighted by Gasteiger charge is 2.49. The molecular weight excluding hydrogens is 532 g/mol. The van der Waals surface area contributed by atoms with Crippen molar-refractivity contribution in [2.45, 2.75) is 45.0 Å². The Kier molecular flexibility index (Phi) is 8.24. The number of alkyl halides is 3. The third-order valence-corrected chi connectivity index (χ3v) is 11.0. The summed E-state index contributed by atoms with van der Waals surface area (Å²) in [5.74, 6) is -0.448. The molecule has 38 heavy (non-hydrogen) atoms. The molecule has 0 N–H and O–H groups in total. The average Bonchev–Trinajstić information content (AvgIpc) is 2.89. The third kappa shape index (κ3) is 5.48. The van der Waals surface area contributed by atoms with E-state index in [1.165, 1.54) is 12.1 Å². The average molecular weight is 563 g/mol. The van der Waals surface area contributed by atoms with Crippen molar-refractivity contribution in [1.29, 1.82) is 0 Å². The minimum absolute atomic E-state index is 0.191. The Labute approximate surface area is 221 Å². The summed E-state index contributed by atoms with van der Waals surface area (Å²) in [5.41, 5.74) is -4.95. The van der Waals surface area contributed by atoms with Gasteiger partial charge in [-0.15, -0.1) is 0 Å². The monoisotopic (exact) mass is 562 g/mol. The number of fused-ring (bicyclic) bond motifs is 2. The summed E-state index contributed by atoms with van der Waals surface area (Å²) in [6.45, 7) is 4.04. The van der Waals surface area contributed by atoms with Crippen molar-refractivity contribution in [3.8, 4) is 16.9 Å². The van der Waals surface area contributed by atoms with Gasteiger partial charge in [0.2, 0.25) is 0 Å². The minimum atomic E-state index is -5.95. The zero-order chi connectivity index (χ0) is 27.6. The van der Waals surface area contributed by atoms with Crippen LogP contribution < -0.4 is 9.49 Å². The molecule has 0 heterocycles. The fourth-order valence-corrected chi connectivity index (χ4v) is 8.60. The van der Waals surface area contributed by atoms with E-state index >= 15 is 0 Å². The second-order valence-electron chi connectivity index (χ2n) is 9.37. The lowest BCUT2D eigenvalue weighted by Crippen LogP contribution is -2.28. The molecule has 0 saturated heterocycles. The van der Waals surface area contributed by atoms with E-state index in [4.69, 9.17) is 4.18 Å². The van der Waals surface area contributed by atoms with Crippen LogP contribution in [0.1, 0.15) is 39.5 Å². The van der Waals surface area contributed by atoms with Crippen molar-refractivity contribution in [2.75, 3.05) is 12.3 Å². The van der Waals surface area contributed by atoms with Crippen LogP contribution in [0.25, 0.3) is 32.7 Å². The lowest BCUT2D eigenvalue weighted by atomic mass is 9.93. The summed E-state index contributed by atoms with van der Waals surface area (Å²) in [6, 6.07) is 20.8. The Hall–Kier alpha value is -2.83. The maximum absolute atomic E-state index is 14.7. The van der Waals surface area contributed by atoms with Crippen LogP contribution >= 0.6 is 7.14 Å². The van der Waals surface area contributed by atoms with Crippen LogP contribution in [0.5, 0.6) is 5.75 Å². The highest BCUT2D eigenvalue weighted by molar-refractivity contribution is 7.88. The number of unbranched alkanes of at least 4 members (excludes halogenated alkanes) is 2. The second-order valence-corrected chi connectivity index (χ2v) is 14.1. The molecule has 0 aromatic heterocycles. The topological polar surface area (TPSA) is 60.4 Å². The summed E-state index contributed by atoms with van der Waals surface area (Å²) >= 11 is 0. The van der Waals surface area contributed by atoms with Gasteiger partial charge in [-0.05, 0) is 40.5 Å². The lowest BCUT2D eigenvalue weighted by Gasteiger charge is -2.25. The van der Waals surface area contributed by atoms with Crippen molar-refractivity contribution in [3.05, 3.63) is 72.8 Å². The molecule has 0 saturated carbocycles. The predicted octanol–water partition coefficient (Wildman–Crippen LogP) is 8.48. The lowest BCUT2D eigenvalue weighted by molar-refractivity contribution is -0.0499. The molecule has 0 aliphatic carbocycles. The van der Waals surface area contributed by atoms with E-state index in [1.54, 1.807) is 36.4 Å². The highest BCUT2D eigenvalue weighted by Crippen LogP contribution is 2.52. The molecular formula is C29H30F3O4PS. The molecule has 0 unspecified atom stereocenters. The fraction of sp³-hybridized carbons (Fsp3) is 0.310. The molecule has 4 aromatic carbocycles. The maximum Gasteiger partial charge on any atom is 0.534 e. The Morgan fingerprint density at radius 3 is 1.76 bits per heavy atom. The normalized spacial score (nSPS) is 12.8. The van der Waals surface area contributed by atoms with Gasteiger partial charge in [0.25, 0.3) is 0 Å². The van der Waals surface area contributed by atoms with Gasteiger partial charge in [-0.25, -0.2) is 0 Å². The van der Waals surface area contributed by atoms with Crippen molar-refractivity contribution in [3.63, 3.8) is 0 Å². The number of hydrogen-bond donors (Lipinski definition) is 0. The third-order valence-electron chi connectivity index (χ3n) is 6.72. The first-order valence-electron chi connectivity index (χ1n) is 12.7. The Bertz CT molecular complexity index is 1600. The van der Waals surface area contributed by atoms with Crippen LogP contribution in [0, 0.1) is 0 Å². The van der Waals surface area contributed by atoms with Crippen LogP contribution in [0.15, 0.2) is 72.8 Å². The van der Waals surface area contributed by atoms with E-state index in [0.29, 0.717) is 39.4 Å². The van der Waals surface area contributed by atoms with Gasteiger partial charge in [-0.2, -0.15) is 21.6 Å². The largest absolute Gasteiger partial charge is 0.534 e. The maximum atomic E-state index is 14.7. The molecule has 0 amide bonds. The summed E-state index contributed by atoms with van der Waals surface area (Å²) < 4.78 is 84.1. The van der Waals surface area contributed by atoms with Gasteiger partial charge in [0.1, 0.15) is 7.14 Å². The van der Waals surface area contributed by atoms with Gasteiger partial charge in [0, 0.05) is 28.8 Å². The molecule has 0 fully saturated rings. The molecule has 4 aromatic rings. The molecule has 4 rings (SSSR count). The zero-order valence-corrected chi connectivity index (χ0v) is 23.0. The van der Waals surface area contributed by atoms with Crippen molar-refractivity contribution < 1.29 is 30.3 Å². The molecule has 9 heteroatoms. The zero-order valence-electron chi connectivity index (χ0n) is 21.3. The first-order valence-corrected chi connectivity index (χ1v) is 16.1. The van der Waals surface area contributed by atoms with Gasteiger partial charge in [0.15, 0.2) is 5.75 Å². The summed E-state index contributed by atoms with van der Waals surface area (Å²) in [7, 11) is -8.97. The Balaban J connectivity index is 2.14. The number of rotatable bonds is 10. The van der Waals surface area contributed by atoms with Crippen LogP contribution in [0.2, 0.25) is 0 Å². The first-order chi connectivity index (χ1) is 18.0. The van der Waals surface area contributed by atoms with Crippen LogP contribution in [0.4, 0.5) is 13.2 Å². The highest BCUT2D eigenvalue weighted by atomic mass is 32.2. The summed E-state index contributed by atoms with van der Waals surface area (Å²) in [4.78, 5) is 0. The van der Waals surface area contributed by atoms with Crippen LogP contribution in [0.3, 0.4) is 0 Å². The van der Waals surface area contributed by atoms with E-state index in [0.717, 1.165) is 31.1 Å². The van der Waals surface area contributed by atoms with E-state index in [-0.39, 0.29) is 5.56 Å². The van der Waals surface area contributed by atoms with Gasteiger partial charge >= 0.3 is 15.6 Å². The molecule has 202 valence electrons. The SMILES string of the molecule is CCCCP(=O)(CCCC)c1ccc2ccccc2c1-c1c(OS(=O)(=O)C(F)(F)F)ccc2ccccc12. The predicted molar refractivity (Wildman–Crippen MR) is 149 cm³/mol. The summed E-state index contributed by atoms with van der Waals surface area (Å²) in [6.07, 6.45) is 4.05. The Morgan fingerprint density at radius 2 is 1.24 bits per heavy atom. The molecule has 4 nitrogen and oxygen atoms in total. The number of benzene rings is 4. The number of hydrogen-bond acceptors (Lipinski definition) is 4. The van der Waals surface area contributed by atoms with Crippen LogP contribution in [-0.4, -0.2) is 26.2 Å². The van der Waals surface area contributed by atoms with Gasteiger partial charge in [0.05, 0.1) is 0 Å². The molecule has 0 aliphatic heterocycles. The Morgan fingerprint density at radius 1 is 0.737 bits per heavy atom. The molecule has 0 bridgehead atoms. The molecule has 0 atom stereocenters. The minimum Gasteiger partial charge on any atom is -0.375 e. The van der Waals surface area contributed by atoms with Crippen molar-refractivity contribution >= 4 is 44.1 Å². The number of halogens is 3. The van der Waals surface area contributed by atoms with E-state index in [1.807, 2.05) is 38.1 Å². The van der Waals surface area contributed by atoms with Crippen molar-refractivity contribution in [1.82, 2.24) is 0 Å². The van der Waals surface area contributed by atoms with Gasteiger partial charge in [-0.3, -0.25) is 0 Å². The first kappa shape index (κ1) is 28.2. The van der Waals surface area contributed by atoms with Gasteiger partial charge in [-0.1, -0.05) is 93.4 Å². The fourth-order valence-electron chi connectivity index (χ4n) is 4.79. The molecule has 0 radical (unpaired) electrons. The van der Waals surface area contributed by atoms with E-state index in [2.05, 4.69) is 0 Å². The molecule has 0 aliphatic rings.